The molecule has 0 spiro atoms. The number of hydrogen-bond acceptors (Lipinski definition) is 2. The summed E-state index contributed by atoms with van der Waals surface area (Å²) in [6.07, 6.45) is 1.26. The van der Waals surface area contributed by atoms with Crippen molar-refractivity contribution in [2.24, 2.45) is 5.92 Å². The van der Waals surface area contributed by atoms with Crippen molar-refractivity contribution in [2.75, 3.05) is 13.2 Å². The minimum Gasteiger partial charge on any atom is -0.381 e. The van der Waals surface area contributed by atoms with E-state index in [0.717, 1.165) is 19.1 Å². The van der Waals surface area contributed by atoms with Crippen molar-refractivity contribution in [3.8, 4) is 0 Å². The van der Waals surface area contributed by atoms with Gasteiger partial charge in [-0.05, 0) is 12.3 Å². The van der Waals surface area contributed by atoms with E-state index in [0.29, 0.717) is 0 Å². The average Bonchev–Trinajstić information content (AvgIpc) is 1.86. The molecule has 0 saturated carbocycles. The molecule has 1 aliphatic heterocycles. The molecule has 2 nitrogen and oxygen atoms in total. The molecule has 0 aromatic rings. The molecule has 1 atom stereocenters. The Hall–Kier alpha value is -0.0800. The first-order valence-electron chi connectivity index (χ1n) is 2.47. The first-order valence-corrected chi connectivity index (χ1v) is 2.47. The van der Waals surface area contributed by atoms with Crippen molar-refractivity contribution in [1.29, 1.82) is 0 Å². The molecule has 0 bridgehead atoms. The van der Waals surface area contributed by atoms with Gasteiger partial charge in [0.1, 0.15) is 0 Å². The summed E-state index contributed by atoms with van der Waals surface area (Å²) in [5.41, 5.74) is 0. The number of hydrogen-bond donors (Lipinski definition) is 1. The summed E-state index contributed by atoms with van der Waals surface area (Å²) < 4.78 is 5.06. The molecule has 1 heterocycles. The predicted molar refractivity (Wildman–Crippen MR) is 29.6 cm³/mol. The molecule has 1 rings (SSSR count). The molecule has 1 fully saturated rings. The van der Waals surface area contributed by atoms with Crippen LogP contribution in [-0.2, 0) is 4.74 Å². The lowest BCUT2D eigenvalue weighted by atomic mass is 10.2. The fourth-order valence-corrected chi connectivity index (χ4v) is 0.652. The van der Waals surface area contributed by atoms with Crippen LogP contribution in [0.25, 0.3) is 0 Å². The molecular formula is C5H13NO. The zero-order valence-electron chi connectivity index (χ0n) is 4.81. The molecule has 0 aromatic carbocycles. The van der Waals surface area contributed by atoms with Crippen LogP contribution in [0, 0.1) is 5.92 Å². The average molecular weight is 103 g/mol. The van der Waals surface area contributed by atoms with Crippen LogP contribution >= 0.6 is 0 Å². The lowest BCUT2D eigenvalue weighted by Crippen LogP contribution is -1.88. The van der Waals surface area contributed by atoms with Crippen LogP contribution < -0.4 is 6.15 Å². The Bertz CT molecular complexity index is 41.3. The Morgan fingerprint density at radius 1 is 1.57 bits per heavy atom. The van der Waals surface area contributed by atoms with Gasteiger partial charge in [0, 0.05) is 13.2 Å². The van der Waals surface area contributed by atoms with Gasteiger partial charge in [-0.15, -0.1) is 0 Å². The Morgan fingerprint density at radius 2 is 2.29 bits per heavy atom. The van der Waals surface area contributed by atoms with Gasteiger partial charge in [-0.2, -0.15) is 0 Å². The molecule has 7 heavy (non-hydrogen) atoms. The second-order valence-corrected chi connectivity index (χ2v) is 1.97. The van der Waals surface area contributed by atoms with Crippen molar-refractivity contribution in [3.63, 3.8) is 0 Å². The van der Waals surface area contributed by atoms with Crippen molar-refractivity contribution < 1.29 is 4.74 Å². The second kappa shape index (κ2) is 2.99. The molecule has 2 heteroatoms. The molecule has 0 amide bonds. The SMILES string of the molecule is CC1CCOC1.N. The highest BCUT2D eigenvalue weighted by Crippen LogP contribution is 2.09. The summed E-state index contributed by atoms with van der Waals surface area (Å²) >= 11 is 0. The van der Waals surface area contributed by atoms with Crippen LogP contribution in [0.15, 0.2) is 0 Å². The van der Waals surface area contributed by atoms with E-state index < -0.39 is 0 Å². The van der Waals surface area contributed by atoms with Crippen molar-refractivity contribution >= 4 is 0 Å². The van der Waals surface area contributed by atoms with Gasteiger partial charge in [0.25, 0.3) is 0 Å². The highest BCUT2D eigenvalue weighted by molar-refractivity contribution is 4.55. The van der Waals surface area contributed by atoms with E-state index in [2.05, 4.69) is 6.92 Å². The summed E-state index contributed by atoms with van der Waals surface area (Å²) in [5.74, 6) is 0.824. The van der Waals surface area contributed by atoms with Crippen LogP contribution in [0.2, 0.25) is 0 Å². The maximum Gasteiger partial charge on any atom is 0.0492 e. The van der Waals surface area contributed by atoms with Crippen LogP contribution in [0.3, 0.4) is 0 Å². The fourth-order valence-electron chi connectivity index (χ4n) is 0.652. The van der Waals surface area contributed by atoms with E-state index in [-0.39, 0.29) is 6.15 Å². The fraction of sp³-hybridized carbons (Fsp3) is 1.00. The molecule has 1 unspecified atom stereocenters. The summed E-state index contributed by atoms with van der Waals surface area (Å²) in [7, 11) is 0. The minimum absolute atomic E-state index is 0. The molecule has 0 aromatic heterocycles. The van der Waals surface area contributed by atoms with Gasteiger partial charge in [-0.3, -0.25) is 0 Å². The lowest BCUT2D eigenvalue weighted by molar-refractivity contribution is 0.188. The highest BCUT2D eigenvalue weighted by atomic mass is 16.5. The molecule has 1 saturated heterocycles. The van der Waals surface area contributed by atoms with Crippen LogP contribution in [-0.4, -0.2) is 13.2 Å². The summed E-state index contributed by atoms with van der Waals surface area (Å²) in [6, 6.07) is 0. The van der Waals surface area contributed by atoms with Crippen molar-refractivity contribution in [3.05, 3.63) is 0 Å². The Balaban J connectivity index is 0.000000360. The van der Waals surface area contributed by atoms with Crippen molar-refractivity contribution in [1.82, 2.24) is 6.15 Å². The first kappa shape index (κ1) is 6.92. The number of ether oxygens (including phenoxy) is 1. The predicted octanol–water partition coefficient (Wildman–Crippen LogP) is 1.20. The molecule has 0 radical (unpaired) electrons. The third-order valence-corrected chi connectivity index (χ3v) is 1.16. The van der Waals surface area contributed by atoms with Crippen molar-refractivity contribution in [2.45, 2.75) is 13.3 Å². The van der Waals surface area contributed by atoms with Gasteiger partial charge >= 0.3 is 0 Å². The molecular weight excluding hydrogens is 90.1 g/mol. The molecule has 44 valence electrons. The lowest BCUT2D eigenvalue weighted by Gasteiger charge is -1.89. The normalized spacial score (nSPS) is 29.6. The third kappa shape index (κ3) is 1.90. The van der Waals surface area contributed by atoms with E-state index in [9.17, 15) is 0 Å². The standard InChI is InChI=1S/C5H10O.H3N/c1-5-2-3-6-4-5;/h5H,2-4H2,1H3;1H3. The largest absolute Gasteiger partial charge is 0.381 e. The summed E-state index contributed by atoms with van der Waals surface area (Å²) in [6.45, 7) is 4.19. The Labute approximate surface area is 44.4 Å². The third-order valence-electron chi connectivity index (χ3n) is 1.16. The molecule has 3 N–H and O–H groups in total. The smallest absolute Gasteiger partial charge is 0.0492 e. The van der Waals surface area contributed by atoms with Gasteiger partial charge in [-0.25, -0.2) is 0 Å². The van der Waals surface area contributed by atoms with Gasteiger partial charge in [0.05, 0.1) is 0 Å². The Morgan fingerprint density at radius 3 is 2.43 bits per heavy atom. The Kier molecular flexibility index (Phi) is 2.96. The van der Waals surface area contributed by atoms with E-state index in [1.807, 2.05) is 0 Å². The molecule has 0 aliphatic carbocycles. The molecule has 1 aliphatic rings. The highest BCUT2D eigenvalue weighted by Gasteiger charge is 2.07. The summed E-state index contributed by atoms with van der Waals surface area (Å²) in [4.78, 5) is 0. The quantitative estimate of drug-likeness (QED) is 0.500. The van der Waals surface area contributed by atoms with Crippen LogP contribution in [0.5, 0.6) is 0 Å². The monoisotopic (exact) mass is 103 g/mol. The minimum atomic E-state index is 0. The van der Waals surface area contributed by atoms with Gasteiger partial charge in [0.15, 0.2) is 0 Å². The topological polar surface area (TPSA) is 44.2 Å². The maximum absolute atomic E-state index is 5.06. The van der Waals surface area contributed by atoms with Gasteiger partial charge < -0.3 is 10.9 Å². The van der Waals surface area contributed by atoms with E-state index in [1.165, 1.54) is 6.42 Å². The summed E-state index contributed by atoms with van der Waals surface area (Å²) in [5, 5.41) is 0. The maximum atomic E-state index is 5.06. The van der Waals surface area contributed by atoms with Gasteiger partial charge in [-0.1, -0.05) is 6.92 Å². The zero-order valence-corrected chi connectivity index (χ0v) is 4.81. The number of rotatable bonds is 0. The second-order valence-electron chi connectivity index (χ2n) is 1.97. The van der Waals surface area contributed by atoms with E-state index in [1.54, 1.807) is 0 Å². The van der Waals surface area contributed by atoms with Gasteiger partial charge in [0.2, 0.25) is 0 Å². The van der Waals surface area contributed by atoms with Crippen LogP contribution in [0.4, 0.5) is 0 Å². The van der Waals surface area contributed by atoms with E-state index in [4.69, 9.17) is 4.74 Å². The van der Waals surface area contributed by atoms with E-state index >= 15 is 0 Å². The zero-order chi connectivity index (χ0) is 4.41. The van der Waals surface area contributed by atoms with Crippen LogP contribution in [0.1, 0.15) is 13.3 Å². The first-order chi connectivity index (χ1) is 2.89.